The first kappa shape index (κ1) is 17.4. The molecule has 6 nitrogen and oxygen atoms in total. The van der Waals surface area contributed by atoms with Gasteiger partial charge in [-0.15, -0.1) is 0 Å². The topological polar surface area (TPSA) is 67.9 Å². The fourth-order valence-electron chi connectivity index (χ4n) is 3.34. The number of hydrogen-bond acceptors (Lipinski definition) is 5. The smallest absolute Gasteiger partial charge is 0.244 e. The second-order valence-electron chi connectivity index (χ2n) is 6.96. The van der Waals surface area contributed by atoms with E-state index in [4.69, 9.17) is 21.1 Å². The summed E-state index contributed by atoms with van der Waals surface area (Å²) in [6.45, 7) is 2.93. The van der Waals surface area contributed by atoms with E-state index in [0.717, 1.165) is 25.3 Å². The van der Waals surface area contributed by atoms with Crippen molar-refractivity contribution in [1.29, 1.82) is 0 Å². The highest BCUT2D eigenvalue weighted by Gasteiger charge is 2.33. The zero-order chi connectivity index (χ0) is 17.4. The van der Waals surface area contributed by atoms with E-state index in [1.54, 1.807) is 0 Å². The number of hydrogen-bond donors (Lipinski definition) is 1. The Labute approximate surface area is 153 Å². The molecular formula is C17H23ClN2O4S. The largest absolute Gasteiger partial charge is 0.486 e. The van der Waals surface area contributed by atoms with Crippen molar-refractivity contribution in [2.24, 2.45) is 5.92 Å². The molecule has 0 spiro atoms. The Bertz CT molecular complexity index is 743. The molecule has 25 heavy (non-hydrogen) atoms. The number of nitrogens with zero attached hydrogens (tertiary/aromatic N) is 1. The third-order valence-electron chi connectivity index (χ3n) is 5.06. The molecule has 2 aliphatic heterocycles. The molecule has 1 N–H and O–H groups in total. The minimum absolute atomic E-state index is 0.0998. The summed E-state index contributed by atoms with van der Waals surface area (Å²) in [5, 5.41) is 3.74. The number of sulfonamides is 1. The zero-order valence-electron chi connectivity index (χ0n) is 14.0. The van der Waals surface area contributed by atoms with Crippen molar-refractivity contribution in [3.05, 3.63) is 17.2 Å². The molecular weight excluding hydrogens is 364 g/mol. The van der Waals surface area contributed by atoms with Crippen molar-refractivity contribution in [1.82, 2.24) is 9.62 Å². The molecule has 0 atom stereocenters. The fraction of sp³-hybridized carbons (Fsp3) is 0.647. The van der Waals surface area contributed by atoms with Gasteiger partial charge in [-0.1, -0.05) is 11.6 Å². The number of nitrogens with one attached hydrogen (secondary N) is 1. The molecule has 0 unspecified atom stereocenters. The number of ether oxygens (including phenoxy) is 2. The van der Waals surface area contributed by atoms with Crippen LogP contribution in [0.1, 0.15) is 25.7 Å². The van der Waals surface area contributed by atoms with Crippen molar-refractivity contribution in [3.8, 4) is 11.5 Å². The average Bonchev–Trinajstić information content (AvgIpc) is 3.44. The molecule has 0 radical (unpaired) electrons. The van der Waals surface area contributed by atoms with Gasteiger partial charge < -0.3 is 14.8 Å². The van der Waals surface area contributed by atoms with Gasteiger partial charge in [-0.05, 0) is 38.1 Å². The van der Waals surface area contributed by atoms with Crippen LogP contribution >= 0.6 is 11.6 Å². The van der Waals surface area contributed by atoms with E-state index in [1.165, 1.54) is 29.3 Å². The van der Waals surface area contributed by atoms with Crippen LogP contribution in [0.15, 0.2) is 17.0 Å². The van der Waals surface area contributed by atoms with Gasteiger partial charge in [0.25, 0.3) is 0 Å². The molecule has 8 heteroatoms. The standard InChI is InChI=1S/C17H23ClN2O4S/c18-14-9-15-16(24-8-7-23-15)10-17(14)25(21,22)20-5-3-13(4-6-20)19-11-12-1-2-12/h9-10,12-13,19H,1-8,11H2. The highest BCUT2D eigenvalue weighted by atomic mass is 35.5. The Morgan fingerprint density at radius 3 is 2.36 bits per heavy atom. The number of halogens is 1. The molecule has 1 saturated carbocycles. The maximum absolute atomic E-state index is 13.0. The van der Waals surface area contributed by atoms with Crippen LogP contribution in [0.2, 0.25) is 5.02 Å². The van der Waals surface area contributed by atoms with E-state index in [1.807, 2.05) is 0 Å². The highest BCUT2D eigenvalue weighted by molar-refractivity contribution is 7.89. The SMILES string of the molecule is O=S(=O)(c1cc2c(cc1Cl)OCCO2)N1CCC(NCC2CC2)CC1. The van der Waals surface area contributed by atoms with Crippen LogP contribution in [0, 0.1) is 5.92 Å². The van der Waals surface area contributed by atoms with Crippen molar-refractivity contribution in [2.75, 3.05) is 32.8 Å². The van der Waals surface area contributed by atoms with Gasteiger partial charge in [0.1, 0.15) is 18.1 Å². The molecule has 0 aromatic heterocycles. The minimum atomic E-state index is -3.63. The monoisotopic (exact) mass is 386 g/mol. The molecule has 2 fully saturated rings. The van der Waals surface area contributed by atoms with E-state index in [0.29, 0.717) is 43.8 Å². The van der Waals surface area contributed by atoms with E-state index in [9.17, 15) is 8.42 Å². The summed E-state index contributed by atoms with van der Waals surface area (Å²) >= 11 is 6.23. The third-order valence-corrected chi connectivity index (χ3v) is 7.42. The quantitative estimate of drug-likeness (QED) is 0.840. The van der Waals surface area contributed by atoms with Gasteiger partial charge in [0, 0.05) is 31.3 Å². The van der Waals surface area contributed by atoms with Gasteiger partial charge in [0.15, 0.2) is 11.5 Å². The molecule has 138 valence electrons. The van der Waals surface area contributed by atoms with Gasteiger partial charge in [0.05, 0.1) is 5.02 Å². The maximum Gasteiger partial charge on any atom is 0.244 e. The number of fused-ring (bicyclic) bond motifs is 1. The Kier molecular flexibility index (Phi) is 4.83. The van der Waals surface area contributed by atoms with Gasteiger partial charge >= 0.3 is 0 Å². The van der Waals surface area contributed by atoms with E-state index in [2.05, 4.69) is 5.32 Å². The second-order valence-corrected chi connectivity index (χ2v) is 9.27. The van der Waals surface area contributed by atoms with Crippen molar-refractivity contribution >= 4 is 21.6 Å². The van der Waals surface area contributed by atoms with Crippen molar-refractivity contribution in [3.63, 3.8) is 0 Å². The maximum atomic E-state index is 13.0. The predicted molar refractivity (Wildman–Crippen MR) is 94.9 cm³/mol. The zero-order valence-corrected chi connectivity index (χ0v) is 15.6. The molecule has 4 rings (SSSR count). The molecule has 2 heterocycles. The first-order valence-electron chi connectivity index (χ1n) is 8.87. The molecule has 0 bridgehead atoms. The summed E-state index contributed by atoms with van der Waals surface area (Å²) in [6.07, 6.45) is 4.30. The summed E-state index contributed by atoms with van der Waals surface area (Å²) in [5.41, 5.74) is 0. The first-order valence-corrected chi connectivity index (χ1v) is 10.7. The van der Waals surface area contributed by atoms with Crippen LogP contribution in [0.3, 0.4) is 0 Å². The second kappa shape index (κ2) is 6.95. The molecule has 1 aromatic carbocycles. The van der Waals surface area contributed by atoms with Gasteiger partial charge in [-0.2, -0.15) is 4.31 Å². The summed E-state index contributed by atoms with van der Waals surface area (Å²) in [4.78, 5) is 0.0998. The van der Waals surface area contributed by atoms with Crippen LogP contribution in [-0.2, 0) is 10.0 Å². The fourth-order valence-corrected chi connectivity index (χ4v) is 5.31. The Morgan fingerprint density at radius 1 is 1.08 bits per heavy atom. The predicted octanol–water partition coefficient (Wildman–Crippen LogP) is 2.26. The number of benzene rings is 1. The number of piperidine rings is 1. The first-order chi connectivity index (χ1) is 12.0. The lowest BCUT2D eigenvalue weighted by Crippen LogP contribution is -2.45. The van der Waals surface area contributed by atoms with E-state index < -0.39 is 10.0 Å². The summed E-state index contributed by atoms with van der Waals surface area (Å²) in [7, 11) is -3.63. The van der Waals surface area contributed by atoms with Crippen LogP contribution in [0.25, 0.3) is 0 Å². The van der Waals surface area contributed by atoms with Crippen LogP contribution in [0.5, 0.6) is 11.5 Å². The minimum Gasteiger partial charge on any atom is -0.486 e. The molecule has 0 amide bonds. The van der Waals surface area contributed by atoms with Crippen molar-refractivity contribution < 1.29 is 17.9 Å². The van der Waals surface area contributed by atoms with Crippen LogP contribution in [-0.4, -0.2) is 51.6 Å². The van der Waals surface area contributed by atoms with Gasteiger partial charge in [-0.25, -0.2) is 8.42 Å². The lowest BCUT2D eigenvalue weighted by Gasteiger charge is -2.32. The Morgan fingerprint density at radius 2 is 1.72 bits per heavy atom. The summed E-state index contributed by atoms with van der Waals surface area (Å²) < 4.78 is 38.5. The van der Waals surface area contributed by atoms with E-state index >= 15 is 0 Å². The lowest BCUT2D eigenvalue weighted by molar-refractivity contribution is 0.171. The highest BCUT2D eigenvalue weighted by Crippen LogP contribution is 2.38. The molecule has 1 aromatic rings. The lowest BCUT2D eigenvalue weighted by atomic mass is 10.1. The average molecular weight is 387 g/mol. The van der Waals surface area contributed by atoms with Crippen LogP contribution < -0.4 is 14.8 Å². The third kappa shape index (κ3) is 3.74. The normalized spacial score (nSPS) is 22.1. The Hall–Kier alpha value is -1.02. The van der Waals surface area contributed by atoms with E-state index in [-0.39, 0.29) is 9.92 Å². The summed E-state index contributed by atoms with van der Waals surface area (Å²) in [5.74, 6) is 1.77. The van der Waals surface area contributed by atoms with Gasteiger partial charge in [0.2, 0.25) is 10.0 Å². The Balaban J connectivity index is 1.46. The van der Waals surface area contributed by atoms with Crippen molar-refractivity contribution in [2.45, 2.75) is 36.6 Å². The molecule has 1 saturated heterocycles. The summed E-state index contributed by atoms with van der Waals surface area (Å²) in [6, 6.07) is 3.43. The molecule has 1 aliphatic carbocycles. The van der Waals surface area contributed by atoms with Crippen LogP contribution in [0.4, 0.5) is 0 Å². The molecule has 3 aliphatic rings. The number of rotatable bonds is 5. The van der Waals surface area contributed by atoms with Gasteiger partial charge in [-0.3, -0.25) is 0 Å².